The van der Waals surface area contributed by atoms with Crippen LogP contribution in [0, 0.1) is 0 Å². The molecule has 0 bridgehead atoms. The smallest absolute Gasteiger partial charge is 0.243 e. The lowest BCUT2D eigenvalue weighted by molar-refractivity contribution is 0.0910. The summed E-state index contributed by atoms with van der Waals surface area (Å²) in [5.41, 5.74) is 2.46. The summed E-state index contributed by atoms with van der Waals surface area (Å²) >= 11 is 0. The molecule has 0 aliphatic heterocycles. The second-order valence-electron chi connectivity index (χ2n) is 6.51. The Balaban J connectivity index is 1.88. The number of carbonyl (C=O) groups is 1. The predicted molar refractivity (Wildman–Crippen MR) is 112 cm³/mol. The van der Waals surface area contributed by atoms with Crippen LogP contribution in [-0.4, -0.2) is 31.1 Å². The lowest BCUT2D eigenvalue weighted by Gasteiger charge is -2.26. The molecule has 0 fully saturated rings. The van der Waals surface area contributed by atoms with E-state index >= 15 is 0 Å². The quantitative estimate of drug-likeness (QED) is 0.550. The van der Waals surface area contributed by atoms with Crippen molar-refractivity contribution < 1.29 is 13.2 Å². The Hall–Kier alpha value is -2.76. The normalized spacial score (nSPS) is 12.7. The number of hydrogen-bond acceptors (Lipinski definition) is 3. The highest BCUT2D eigenvalue weighted by Gasteiger charge is 2.32. The fraction of sp³-hybridized carbons (Fsp3) is 0.174. The van der Waals surface area contributed by atoms with Crippen molar-refractivity contribution in [2.24, 2.45) is 0 Å². The average Bonchev–Trinajstić information content (AvgIpc) is 2.75. The number of benzene rings is 3. The van der Waals surface area contributed by atoms with Gasteiger partial charge in [0.25, 0.3) is 0 Å². The number of Topliss-reactive ketones (excluding diaryl/α,β-unsaturated/α-hetero) is 1. The minimum Gasteiger partial charge on any atom is -0.292 e. The van der Waals surface area contributed by atoms with E-state index in [2.05, 4.69) is 0 Å². The molecule has 1 atom stereocenters. The summed E-state index contributed by atoms with van der Waals surface area (Å²) in [5.74, 6) is -0.216. The fourth-order valence-corrected chi connectivity index (χ4v) is 4.81. The van der Waals surface area contributed by atoms with E-state index in [0.29, 0.717) is 5.56 Å². The summed E-state index contributed by atoms with van der Waals surface area (Å²) in [7, 11) is -3.79. The van der Waals surface area contributed by atoms with E-state index in [1.165, 1.54) is 4.31 Å². The Morgan fingerprint density at radius 1 is 0.821 bits per heavy atom. The molecular weight excluding hydrogens is 370 g/mol. The molecule has 0 saturated heterocycles. The molecule has 3 aromatic rings. The topological polar surface area (TPSA) is 54.5 Å². The third kappa shape index (κ3) is 4.06. The number of ketones is 1. The molecule has 144 valence electrons. The van der Waals surface area contributed by atoms with Gasteiger partial charge in [0.15, 0.2) is 5.78 Å². The van der Waals surface area contributed by atoms with Gasteiger partial charge in [0.2, 0.25) is 10.0 Å². The number of hydrogen-bond donors (Lipinski definition) is 0. The van der Waals surface area contributed by atoms with Crippen LogP contribution < -0.4 is 0 Å². The molecule has 0 saturated carbocycles. The molecule has 0 aromatic heterocycles. The monoisotopic (exact) mass is 393 g/mol. The predicted octanol–water partition coefficient (Wildman–Crippen LogP) is 4.64. The van der Waals surface area contributed by atoms with E-state index in [1.54, 1.807) is 62.4 Å². The van der Waals surface area contributed by atoms with Gasteiger partial charge in [-0.2, -0.15) is 4.31 Å². The van der Waals surface area contributed by atoms with Gasteiger partial charge in [0.05, 0.1) is 10.9 Å². The van der Waals surface area contributed by atoms with Crippen LogP contribution in [0.4, 0.5) is 0 Å². The number of nitrogens with zero attached hydrogens (tertiary/aromatic N) is 1. The van der Waals surface area contributed by atoms with Crippen molar-refractivity contribution in [2.75, 3.05) is 6.54 Å². The maximum Gasteiger partial charge on any atom is 0.243 e. The minimum atomic E-state index is -3.79. The molecule has 3 rings (SSSR count). The SMILES string of the molecule is CCN(C(C)C(=O)c1ccccc1)S(=O)(=O)c1ccc(-c2ccccc2)cc1. The van der Waals surface area contributed by atoms with Crippen molar-refractivity contribution in [1.29, 1.82) is 0 Å². The largest absolute Gasteiger partial charge is 0.292 e. The van der Waals surface area contributed by atoms with Gasteiger partial charge in [-0.05, 0) is 30.2 Å². The molecule has 28 heavy (non-hydrogen) atoms. The van der Waals surface area contributed by atoms with Crippen molar-refractivity contribution in [2.45, 2.75) is 24.8 Å². The lowest BCUT2D eigenvalue weighted by atomic mass is 10.1. The molecule has 3 aromatic carbocycles. The molecule has 0 N–H and O–H groups in total. The minimum absolute atomic E-state index is 0.182. The first-order valence-electron chi connectivity index (χ1n) is 9.21. The first kappa shape index (κ1) is 20.0. The summed E-state index contributed by atoms with van der Waals surface area (Å²) in [6, 6.07) is 24.5. The van der Waals surface area contributed by atoms with E-state index in [-0.39, 0.29) is 17.2 Å². The maximum atomic E-state index is 13.2. The first-order chi connectivity index (χ1) is 13.4. The summed E-state index contributed by atoms with van der Waals surface area (Å²) in [6.07, 6.45) is 0. The van der Waals surface area contributed by atoms with E-state index in [1.807, 2.05) is 36.4 Å². The van der Waals surface area contributed by atoms with Gasteiger partial charge in [0.1, 0.15) is 0 Å². The van der Waals surface area contributed by atoms with Gasteiger partial charge in [-0.15, -0.1) is 0 Å². The number of carbonyl (C=O) groups excluding carboxylic acids is 1. The van der Waals surface area contributed by atoms with Crippen LogP contribution in [0.3, 0.4) is 0 Å². The second-order valence-corrected chi connectivity index (χ2v) is 8.40. The Bertz CT molecular complexity index is 1030. The van der Waals surface area contributed by atoms with E-state index in [9.17, 15) is 13.2 Å². The molecule has 0 radical (unpaired) electrons. The standard InChI is InChI=1S/C23H23NO3S/c1-3-24(18(2)23(25)21-12-8-5-9-13-21)28(26,27)22-16-14-20(15-17-22)19-10-6-4-7-11-19/h4-18H,3H2,1-2H3. The van der Waals surface area contributed by atoms with Gasteiger partial charge < -0.3 is 0 Å². The summed E-state index contributed by atoms with van der Waals surface area (Å²) in [6.45, 7) is 3.59. The van der Waals surface area contributed by atoms with Crippen LogP contribution in [0.1, 0.15) is 24.2 Å². The van der Waals surface area contributed by atoms with Crippen LogP contribution in [0.2, 0.25) is 0 Å². The third-order valence-corrected chi connectivity index (χ3v) is 6.81. The van der Waals surface area contributed by atoms with Crippen molar-refractivity contribution in [3.05, 3.63) is 90.5 Å². The van der Waals surface area contributed by atoms with Crippen molar-refractivity contribution in [1.82, 2.24) is 4.31 Å². The van der Waals surface area contributed by atoms with Gasteiger partial charge in [0, 0.05) is 12.1 Å². The summed E-state index contributed by atoms with van der Waals surface area (Å²) in [4.78, 5) is 12.9. The Morgan fingerprint density at radius 2 is 1.32 bits per heavy atom. The lowest BCUT2D eigenvalue weighted by Crippen LogP contribution is -2.43. The molecule has 0 heterocycles. The fourth-order valence-electron chi connectivity index (χ4n) is 3.21. The highest BCUT2D eigenvalue weighted by molar-refractivity contribution is 7.89. The Morgan fingerprint density at radius 3 is 1.86 bits per heavy atom. The van der Waals surface area contributed by atoms with Crippen molar-refractivity contribution in [3.8, 4) is 11.1 Å². The van der Waals surface area contributed by atoms with Gasteiger partial charge in [-0.3, -0.25) is 4.79 Å². The van der Waals surface area contributed by atoms with Gasteiger partial charge in [-0.1, -0.05) is 79.7 Å². The maximum absolute atomic E-state index is 13.2. The molecule has 4 nitrogen and oxygen atoms in total. The molecule has 0 aliphatic rings. The van der Waals surface area contributed by atoms with Crippen LogP contribution in [0.5, 0.6) is 0 Å². The van der Waals surface area contributed by atoms with Gasteiger partial charge >= 0.3 is 0 Å². The highest BCUT2D eigenvalue weighted by Crippen LogP contribution is 2.24. The van der Waals surface area contributed by atoms with Gasteiger partial charge in [-0.25, -0.2) is 8.42 Å². The molecule has 0 spiro atoms. The van der Waals surface area contributed by atoms with Crippen LogP contribution >= 0.6 is 0 Å². The highest BCUT2D eigenvalue weighted by atomic mass is 32.2. The zero-order valence-electron chi connectivity index (χ0n) is 15.9. The van der Waals surface area contributed by atoms with Crippen LogP contribution in [-0.2, 0) is 10.0 Å². The average molecular weight is 394 g/mol. The Kier molecular flexibility index (Phi) is 6.07. The second kappa shape index (κ2) is 8.50. The zero-order valence-corrected chi connectivity index (χ0v) is 16.8. The molecule has 5 heteroatoms. The summed E-state index contributed by atoms with van der Waals surface area (Å²) in [5, 5.41) is 0. The third-order valence-electron chi connectivity index (χ3n) is 4.75. The number of sulfonamides is 1. The molecule has 0 aliphatic carbocycles. The van der Waals surface area contributed by atoms with E-state index in [4.69, 9.17) is 0 Å². The van der Waals surface area contributed by atoms with Crippen LogP contribution in [0.15, 0.2) is 89.8 Å². The van der Waals surface area contributed by atoms with Crippen LogP contribution in [0.25, 0.3) is 11.1 Å². The number of rotatable bonds is 7. The van der Waals surface area contributed by atoms with E-state index < -0.39 is 16.1 Å². The number of likely N-dealkylation sites (N-methyl/N-ethyl adjacent to an activating group) is 1. The molecule has 1 unspecified atom stereocenters. The van der Waals surface area contributed by atoms with E-state index in [0.717, 1.165) is 11.1 Å². The zero-order chi connectivity index (χ0) is 20.1. The molecule has 0 amide bonds. The van der Waals surface area contributed by atoms with Crippen molar-refractivity contribution in [3.63, 3.8) is 0 Å². The molecular formula is C23H23NO3S. The first-order valence-corrected chi connectivity index (χ1v) is 10.7. The van der Waals surface area contributed by atoms with Crippen molar-refractivity contribution >= 4 is 15.8 Å². The Labute approximate surface area is 166 Å². The summed E-state index contributed by atoms with van der Waals surface area (Å²) < 4.78 is 27.6.